The lowest BCUT2D eigenvalue weighted by atomic mass is 10.1. The minimum absolute atomic E-state index is 0.564. The van der Waals surface area contributed by atoms with Crippen molar-refractivity contribution in [3.8, 4) is 5.75 Å². The van der Waals surface area contributed by atoms with E-state index in [1.54, 1.807) is 13.3 Å². The molecule has 1 aromatic rings. The maximum Gasteiger partial charge on any atom is 0.137 e. The first-order valence-corrected chi connectivity index (χ1v) is 6.32. The van der Waals surface area contributed by atoms with Crippen molar-refractivity contribution in [1.29, 1.82) is 0 Å². The number of methoxy groups -OCH3 is 1. The van der Waals surface area contributed by atoms with Crippen molar-refractivity contribution in [1.82, 2.24) is 10.3 Å². The van der Waals surface area contributed by atoms with Crippen LogP contribution in [0.1, 0.15) is 19.8 Å². The van der Waals surface area contributed by atoms with Gasteiger partial charge in [-0.3, -0.25) is 0 Å². The van der Waals surface area contributed by atoms with E-state index in [1.807, 2.05) is 12.1 Å². The van der Waals surface area contributed by atoms with Gasteiger partial charge in [0.1, 0.15) is 11.6 Å². The summed E-state index contributed by atoms with van der Waals surface area (Å²) in [4.78, 5) is 6.84. The highest BCUT2D eigenvalue weighted by Crippen LogP contribution is 2.20. The van der Waals surface area contributed by atoms with Gasteiger partial charge in [-0.1, -0.05) is 0 Å². The first-order chi connectivity index (χ1) is 8.35. The molecule has 0 aromatic carbocycles. The normalized spacial score (nSPS) is 20.0. The molecule has 1 unspecified atom stereocenters. The Labute approximate surface area is 103 Å². The minimum atomic E-state index is 0.564. The van der Waals surface area contributed by atoms with E-state index in [9.17, 15) is 0 Å². The number of hydrogen-bond acceptors (Lipinski definition) is 4. The van der Waals surface area contributed by atoms with E-state index in [0.29, 0.717) is 6.04 Å². The zero-order valence-corrected chi connectivity index (χ0v) is 10.6. The summed E-state index contributed by atoms with van der Waals surface area (Å²) in [6, 6.07) is 4.58. The fraction of sp³-hybridized carbons (Fsp3) is 0.615. The van der Waals surface area contributed by atoms with Crippen LogP contribution in [0.4, 0.5) is 5.82 Å². The second-order valence-electron chi connectivity index (χ2n) is 4.34. The van der Waals surface area contributed by atoms with Crippen LogP contribution >= 0.6 is 0 Å². The van der Waals surface area contributed by atoms with Gasteiger partial charge in [-0.05, 0) is 38.4 Å². The average molecular weight is 235 g/mol. The van der Waals surface area contributed by atoms with E-state index in [4.69, 9.17) is 4.74 Å². The van der Waals surface area contributed by atoms with Gasteiger partial charge in [0, 0.05) is 19.1 Å². The quantitative estimate of drug-likeness (QED) is 0.861. The highest BCUT2D eigenvalue weighted by molar-refractivity contribution is 5.42. The van der Waals surface area contributed by atoms with E-state index < -0.39 is 0 Å². The zero-order valence-electron chi connectivity index (χ0n) is 10.6. The Morgan fingerprint density at radius 2 is 2.41 bits per heavy atom. The molecule has 1 saturated heterocycles. The highest BCUT2D eigenvalue weighted by Gasteiger charge is 2.20. The van der Waals surface area contributed by atoms with Crippen molar-refractivity contribution in [2.24, 2.45) is 0 Å². The van der Waals surface area contributed by atoms with Gasteiger partial charge in [0.25, 0.3) is 0 Å². The van der Waals surface area contributed by atoms with Crippen LogP contribution in [0.2, 0.25) is 0 Å². The number of pyridine rings is 1. The number of hydrogen-bond donors (Lipinski definition) is 1. The fourth-order valence-electron chi connectivity index (χ4n) is 2.37. The van der Waals surface area contributed by atoms with Crippen LogP contribution < -0.4 is 15.0 Å². The summed E-state index contributed by atoms with van der Waals surface area (Å²) >= 11 is 0. The molecule has 94 valence electrons. The largest absolute Gasteiger partial charge is 0.495 e. The van der Waals surface area contributed by atoms with E-state index >= 15 is 0 Å². The van der Waals surface area contributed by atoms with Crippen molar-refractivity contribution < 1.29 is 4.74 Å². The molecule has 1 atom stereocenters. The smallest absolute Gasteiger partial charge is 0.137 e. The Morgan fingerprint density at radius 3 is 2.94 bits per heavy atom. The van der Waals surface area contributed by atoms with Crippen LogP contribution in [-0.2, 0) is 0 Å². The Balaban J connectivity index is 2.10. The van der Waals surface area contributed by atoms with Gasteiger partial charge in [-0.15, -0.1) is 0 Å². The minimum Gasteiger partial charge on any atom is -0.495 e. The summed E-state index contributed by atoms with van der Waals surface area (Å²) < 4.78 is 5.13. The lowest BCUT2D eigenvalue weighted by Gasteiger charge is -2.34. The Morgan fingerprint density at radius 1 is 1.53 bits per heavy atom. The van der Waals surface area contributed by atoms with Crippen molar-refractivity contribution >= 4 is 5.82 Å². The van der Waals surface area contributed by atoms with E-state index in [1.165, 1.54) is 12.8 Å². The summed E-state index contributed by atoms with van der Waals surface area (Å²) in [6.07, 6.45) is 4.28. The number of ether oxygens (including phenoxy) is 1. The van der Waals surface area contributed by atoms with Gasteiger partial charge in [-0.2, -0.15) is 0 Å². The van der Waals surface area contributed by atoms with Gasteiger partial charge < -0.3 is 15.0 Å². The maximum atomic E-state index is 5.13. The molecule has 1 N–H and O–H groups in total. The monoisotopic (exact) mass is 235 g/mol. The molecule has 4 nitrogen and oxygen atoms in total. The molecule has 17 heavy (non-hydrogen) atoms. The number of rotatable bonds is 4. The van der Waals surface area contributed by atoms with Crippen molar-refractivity contribution in [3.63, 3.8) is 0 Å². The van der Waals surface area contributed by atoms with Crippen LogP contribution in [0, 0.1) is 0 Å². The third-order valence-electron chi connectivity index (χ3n) is 3.30. The van der Waals surface area contributed by atoms with Crippen molar-refractivity contribution in [2.45, 2.75) is 25.8 Å². The van der Waals surface area contributed by atoms with Gasteiger partial charge in [-0.25, -0.2) is 4.98 Å². The van der Waals surface area contributed by atoms with Crippen LogP contribution in [0.15, 0.2) is 18.3 Å². The molecule has 1 aromatic heterocycles. The Hall–Kier alpha value is -1.29. The highest BCUT2D eigenvalue weighted by atomic mass is 16.5. The molecule has 0 saturated carbocycles. The summed E-state index contributed by atoms with van der Waals surface area (Å²) in [5, 5.41) is 3.45. The molecule has 4 heteroatoms. The van der Waals surface area contributed by atoms with E-state index in [0.717, 1.165) is 31.2 Å². The standard InChI is InChI=1S/C13H21N3O/c1-3-16(11-5-4-8-14-9-11)13-7-6-12(17-2)10-15-13/h6-7,10-11,14H,3-5,8-9H2,1-2H3. The topological polar surface area (TPSA) is 37.4 Å². The zero-order chi connectivity index (χ0) is 12.1. The molecule has 0 amide bonds. The Kier molecular flexibility index (Phi) is 4.20. The lowest BCUT2D eigenvalue weighted by molar-refractivity contribution is 0.411. The molecular formula is C13H21N3O. The summed E-state index contributed by atoms with van der Waals surface area (Å²) in [5.74, 6) is 1.86. The summed E-state index contributed by atoms with van der Waals surface area (Å²) in [6.45, 7) is 5.37. The first kappa shape index (κ1) is 12.2. The molecule has 2 heterocycles. The molecule has 1 fully saturated rings. The maximum absolute atomic E-state index is 5.13. The third kappa shape index (κ3) is 2.88. The van der Waals surface area contributed by atoms with Crippen molar-refractivity contribution in [3.05, 3.63) is 18.3 Å². The Bertz CT molecular complexity index is 333. The average Bonchev–Trinajstić information content (AvgIpc) is 2.42. The number of likely N-dealkylation sites (N-methyl/N-ethyl adjacent to an activating group) is 1. The first-order valence-electron chi connectivity index (χ1n) is 6.32. The third-order valence-corrected chi connectivity index (χ3v) is 3.30. The van der Waals surface area contributed by atoms with Crippen LogP contribution in [0.25, 0.3) is 0 Å². The number of nitrogens with zero attached hydrogens (tertiary/aromatic N) is 2. The van der Waals surface area contributed by atoms with E-state index in [2.05, 4.69) is 22.1 Å². The van der Waals surface area contributed by atoms with Crippen LogP contribution in [0.5, 0.6) is 5.75 Å². The van der Waals surface area contributed by atoms with Crippen molar-refractivity contribution in [2.75, 3.05) is 31.6 Å². The fourth-order valence-corrected chi connectivity index (χ4v) is 2.37. The van der Waals surface area contributed by atoms with Gasteiger partial charge in [0.2, 0.25) is 0 Å². The molecule has 2 rings (SSSR count). The molecule has 1 aliphatic heterocycles. The molecular weight excluding hydrogens is 214 g/mol. The number of nitrogens with one attached hydrogen (secondary N) is 1. The molecule has 0 radical (unpaired) electrons. The molecule has 0 spiro atoms. The van der Waals surface area contributed by atoms with E-state index in [-0.39, 0.29) is 0 Å². The number of anilines is 1. The summed E-state index contributed by atoms with van der Waals surface area (Å²) in [5.41, 5.74) is 0. The molecule has 1 aliphatic rings. The number of aromatic nitrogens is 1. The second kappa shape index (κ2) is 5.87. The lowest BCUT2D eigenvalue weighted by Crippen LogP contribution is -2.46. The van der Waals surface area contributed by atoms with Gasteiger partial charge in [0.15, 0.2) is 0 Å². The SMILES string of the molecule is CCN(c1ccc(OC)cn1)C1CCCNC1. The van der Waals surface area contributed by atoms with Crippen LogP contribution in [-0.4, -0.2) is 37.8 Å². The molecule has 0 bridgehead atoms. The van der Waals surface area contributed by atoms with Crippen LogP contribution in [0.3, 0.4) is 0 Å². The summed E-state index contributed by atoms with van der Waals surface area (Å²) in [7, 11) is 1.67. The second-order valence-corrected chi connectivity index (χ2v) is 4.34. The molecule has 0 aliphatic carbocycles. The van der Waals surface area contributed by atoms with Gasteiger partial charge >= 0.3 is 0 Å². The predicted octanol–water partition coefficient (Wildman–Crippen LogP) is 1.67. The predicted molar refractivity (Wildman–Crippen MR) is 69.7 cm³/mol. The van der Waals surface area contributed by atoms with Gasteiger partial charge in [0.05, 0.1) is 13.3 Å². The number of piperidine rings is 1.